The molecule has 1 aromatic heterocycles. The molecule has 3 fully saturated rings. The Morgan fingerprint density at radius 1 is 1.40 bits per heavy atom. The van der Waals surface area contributed by atoms with E-state index in [9.17, 15) is 4.79 Å². The zero-order chi connectivity index (χ0) is 17.6. The number of halogens is 1. The Kier molecular flexibility index (Phi) is 4.63. The second kappa shape index (κ2) is 6.63. The summed E-state index contributed by atoms with van der Waals surface area (Å²) in [5, 5.41) is 3.02. The van der Waals surface area contributed by atoms with Gasteiger partial charge in [-0.15, -0.1) is 0 Å². The first-order chi connectivity index (χ1) is 11.9. The number of nitrogens with zero attached hydrogens (tertiary/aromatic N) is 3. The van der Waals surface area contributed by atoms with Crippen molar-refractivity contribution in [3.05, 3.63) is 22.3 Å². The van der Waals surface area contributed by atoms with Crippen molar-refractivity contribution in [2.45, 2.75) is 38.6 Å². The topological polar surface area (TPSA) is 48.5 Å². The smallest absolute Gasteiger partial charge is 0.242 e. The van der Waals surface area contributed by atoms with Gasteiger partial charge in [-0.1, -0.05) is 12.5 Å². The number of hydrogen-bond donors (Lipinski definition) is 1. The van der Waals surface area contributed by atoms with Gasteiger partial charge in [0.25, 0.3) is 0 Å². The lowest BCUT2D eigenvalue weighted by Gasteiger charge is -2.56. The van der Waals surface area contributed by atoms with Crippen LogP contribution in [0.5, 0.6) is 0 Å². The van der Waals surface area contributed by atoms with Crippen LogP contribution in [0.1, 0.15) is 31.2 Å². The molecule has 3 aliphatic rings. The zero-order valence-corrected chi connectivity index (χ0v) is 16.7. The van der Waals surface area contributed by atoms with E-state index in [0.29, 0.717) is 17.2 Å². The Balaban J connectivity index is 1.31. The first kappa shape index (κ1) is 17.4. The van der Waals surface area contributed by atoms with Crippen molar-refractivity contribution in [3.63, 3.8) is 0 Å². The molecule has 25 heavy (non-hydrogen) atoms. The molecule has 1 amide bonds. The fourth-order valence-corrected chi connectivity index (χ4v) is 5.07. The third-order valence-corrected chi connectivity index (χ3v) is 6.73. The molecule has 1 N–H and O–H groups in total. The molecule has 2 atom stereocenters. The van der Waals surface area contributed by atoms with Crippen molar-refractivity contribution in [3.8, 4) is 0 Å². The van der Waals surface area contributed by atoms with Gasteiger partial charge in [0.2, 0.25) is 5.91 Å². The largest absolute Gasteiger partial charge is 0.309 e. The average molecular weight is 407 g/mol. The minimum absolute atomic E-state index is 0.0517. The van der Waals surface area contributed by atoms with E-state index in [1.165, 1.54) is 32.4 Å². The van der Waals surface area contributed by atoms with Gasteiger partial charge in [-0.05, 0) is 72.1 Å². The summed E-state index contributed by atoms with van der Waals surface area (Å²) in [6.07, 6.45) is 5.22. The Morgan fingerprint density at radius 2 is 2.16 bits per heavy atom. The molecule has 0 aromatic carbocycles. The number of anilines is 1. The maximum Gasteiger partial charge on any atom is 0.242 e. The van der Waals surface area contributed by atoms with Crippen LogP contribution in [0.2, 0.25) is 0 Å². The van der Waals surface area contributed by atoms with Crippen molar-refractivity contribution in [2.75, 3.05) is 38.5 Å². The van der Waals surface area contributed by atoms with Crippen LogP contribution in [-0.4, -0.2) is 60.0 Å². The summed E-state index contributed by atoms with van der Waals surface area (Å²) < 4.78 is 0.744. The molecule has 1 aliphatic carbocycles. The fraction of sp³-hybridized carbons (Fsp3) is 0.684. The Hall–Kier alpha value is -0.980. The van der Waals surface area contributed by atoms with Gasteiger partial charge in [0.15, 0.2) is 0 Å². The number of hydrogen-bond acceptors (Lipinski definition) is 4. The second-order valence-electron chi connectivity index (χ2n) is 8.37. The van der Waals surface area contributed by atoms with Crippen LogP contribution >= 0.6 is 15.9 Å². The summed E-state index contributed by atoms with van der Waals surface area (Å²) >= 11 is 3.37. The van der Waals surface area contributed by atoms with Gasteiger partial charge in [0.1, 0.15) is 10.4 Å². The van der Waals surface area contributed by atoms with E-state index in [0.717, 1.165) is 29.7 Å². The summed E-state index contributed by atoms with van der Waals surface area (Å²) in [6, 6.07) is 3.81. The van der Waals surface area contributed by atoms with Crippen molar-refractivity contribution in [1.82, 2.24) is 14.8 Å². The number of carbonyl (C=O) groups is 1. The molecule has 5 nitrogen and oxygen atoms in total. The molecule has 1 saturated carbocycles. The number of carbonyl (C=O) groups excluding carboxylic acids is 1. The standard InChI is InChI=1S/C19H27BrN4O/c1-13-4-5-16(20)21-17(13)22-18(25)15-8-14(9-23(15)2)10-24-11-19(12-24)6-3-7-19/h4-5,14-15H,3,6-12H2,1-2H3,(H,21,22,25). The van der Waals surface area contributed by atoms with Crippen LogP contribution in [0.25, 0.3) is 0 Å². The first-order valence-electron chi connectivity index (χ1n) is 9.31. The highest BCUT2D eigenvalue weighted by Crippen LogP contribution is 2.48. The molecule has 2 unspecified atom stereocenters. The predicted molar refractivity (Wildman–Crippen MR) is 103 cm³/mol. The lowest BCUT2D eigenvalue weighted by Crippen LogP contribution is -2.60. The Bertz CT molecular complexity index is 667. The lowest BCUT2D eigenvalue weighted by atomic mass is 9.63. The van der Waals surface area contributed by atoms with E-state index in [1.54, 1.807) is 0 Å². The number of aromatic nitrogens is 1. The van der Waals surface area contributed by atoms with Crippen molar-refractivity contribution in [2.24, 2.45) is 11.3 Å². The van der Waals surface area contributed by atoms with Crippen molar-refractivity contribution >= 4 is 27.7 Å². The molecule has 2 saturated heterocycles. The molecule has 0 bridgehead atoms. The minimum Gasteiger partial charge on any atom is -0.309 e. The van der Waals surface area contributed by atoms with Gasteiger partial charge in [0, 0.05) is 26.2 Å². The number of aryl methyl sites for hydroxylation is 1. The van der Waals surface area contributed by atoms with Crippen LogP contribution in [-0.2, 0) is 4.79 Å². The first-order valence-corrected chi connectivity index (χ1v) is 10.1. The highest BCUT2D eigenvalue weighted by Gasteiger charge is 2.48. The van der Waals surface area contributed by atoms with E-state index in [1.807, 2.05) is 19.1 Å². The molecule has 4 rings (SSSR count). The predicted octanol–water partition coefficient (Wildman–Crippen LogP) is 2.90. The number of pyridine rings is 1. The van der Waals surface area contributed by atoms with E-state index >= 15 is 0 Å². The van der Waals surface area contributed by atoms with Gasteiger partial charge >= 0.3 is 0 Å². The molecule has 2 aliphatic heterocycles. The third-order valence-electron chi connectivity index (χ3n) is 6.29. The summed E-state index contributed by atoms with van der Waals surface area (Å²) in [7, 11) is 2.06. The van der Waals surface area contributed by atoms with Gasteiger partial charge < -0.3 is 10.2 Å². The number of nitrogens with one attached hydrogen (secondary N) is 1. The van der Waals surface area contributed by atoms with Crippen LogP contribution < -0.4 is 5.32 Å². The van der Waals surface area contributed by atoms with Gasteiger partial charge in [-0.3, -0.25) is 9.69 Å². The van der Waals surface area contributed by atoms with E-state index in [-0.39, 0.29) is 11.9 Å². The average Bonchev–Trinajstić information content (AvgIpc) is 2.85. The van der Waals surface area contributed by atoms with Crippen molar-refractivity contribution in [1.29, 1.82) is 0 Å². The van der Waals surface area contributed by atoms with E-state index < -0.39 is 0 Å². The Labute approximate surface area is 158 Å². The van der Waals surface area contributed by atoms with Gasteiger partial charge in [-0.25, -0.2) is 4.98 Å². The maximum atomic E-state index is 12.7. The number of amides is 1. The van der Waals surface area contributed by atoms with Gasteiger partial charge in [0.05, 0.1) is 6.04 Å². The van der Waals surface area contributed by atoms with E-state index in [2.05, 4.69) is 43.1 Å². The molecule has 0 radical (unpaired) electrons. The SMILES string of the molecule is Cc1ccc(Br)nc1NC(=O)C1CC(CN2CC3(CCC3)C2)CN1C. The summed E-state index contributed by atoms with van der Waals surface area (Å²) in [5.74, 6) is 1.32. The number of likely N-dealkylation sites (tertiary alicyclic amines) is 2. The number of likely N-dealkylation sites (N-methyl/N-ethyl adjacent to an activating group) is 1. The van der Waals surface area contributed by atoms with Crippen LogP contribution in [0.3, 0.4) is 0 Å². The zero-order valence-electron chi connectivity index (χ0n) is 15.1. The Morgan fingerprint density at radius 3 is 2.84 bits per heavy atom. The molecule has 136 valence electrons. The summed E-state index contributed by atoms with van der Waals surface area (Å²) in [6.45, 7) is 6.68. The second-order valence-corrected chi connectivity index (χ2v) is 9.18. The van der Waals surface area contributed by atoms with E-state index in [4.69, 9.17) is 0 Å². The lowest BCUT2D eigenvalue weighted by molar-refractivity contribution is -0.120. The van der Waals surface area contributed by atoms with Crippen LogP contribution in [0.15, 0.2) is 16.7 Å². The summed E-state index contributed by atoms with van der Waals surface area (Å²) in [4.78, 5) is 21.9. The van der Waals surface area contributed by atoms with Gasteiger partial charge in [-0.2, -0.15) is 0 Å². The highest BCUT2D eigenvalue weighted by atomic mass is 79.9. The molecule has 3 heterocycles. The number of rotatable bonds is 4. The minimum atomic E-state index is -0.0517. The third kappa shape index (κ3) is 3.49. The van der Waals surface area contributed by atoms with Crippen molar-refractivity contribution < 1.29 is 4.79 Å². The molecular weight excluding hydrogens is 380 g/mol. The molecule has 1 spiro atoms. The quantitative estimate of drug-likeness (QED) is 0.780. The summed E-state index contributed by atoms with van der Waals surface area (Å²) in [5.41, 5.74) is 1.67. The molecular formula is C19H27BrN4O. The maximum absolute atomic E-state index is 12.7. The molecule has 1 aromatic rings. The van der Waals surface area contributed by atoms with Crippen LogP contribution in [0, 0.1) is 18.3 Å². The molecule has 6 heteroatoms. The van der Waals surface area contributed by atoms with Crippen LogP contribution in [0.4, 0.5) is 5.82 Å². The normalized spacial score (nSPS) is 28.6. The monoisotopic (exact) mass is 406 g/mol. The fourth-order valence-electron chi connectivity index (χ4n) is 4.77. The highest BCUT2D eigenvalue weighted by molar-refractivity contribution is 9.10.